The van der Waals surface area contributed by atoms with Crippen LogP contribution in [-0.4, -0.2) is 59.1 Å². The van der Waals surface area contributed by atoms with Gasteiger partial charge >= 0.3 is 18.0 Å². The second kappa shape index (κ2) is 10.3. The summed E-state index contributed by atoms with van der Waals surface area (Å²) in [5, 5.41) is 0. The number of amides is 2. The molecule has 1 aromatic rings. The smallest absolute Gasteiger partial charge is 0.329 e. The largest absolute Gasteiger partial charge is 0.464 e. The highest BCUT2D eigenvalue weighted by molar-refractivity contribution is 5.85. The number of nitrogens with zero attached hydrogens (tertiary/aromatic N) is 2. The summed E-state index contributed by atoms with van der Waals surface area (Å²) >= 11 is 0. The average Bonchev–Trinajstić information content (AvgIpc) is 2.66. The van der Waals surface area contributed by atoms with Gasteiger partial charge in [-0.05, 0) is 45.7 Å². The molecule has 0 saturated carbocycles. The molecule has 2 rings (SSSR count). The highest BCUT2D eigenvalue weighted by atomic mass is 16.5. The maximum absolute atomic E-state index is 13.4. The van der Waals surface area contributed by atoms with E-state index in [1.807, 2.05) is 38.1 Å². The third-order valence-electron chi connectivity index (χ3n) is 4.85. The quantitative estimate of drug-likeness (QED) is 0.653. The summed E-state index contributed by atoms with van der Waals surface area (Å²) in [6, 6.07) is 6.72. The van der Waals surface area contributed by atoms with E-state index in [0.29, 0.717) is 13.0 Å². The highest BCUT2D eigenvalue weighted by Gasteiger charge is 2.38. The molecule has 0 N–H and O–H groups in total. The number of esters is 2. The minimum Gasteiger partial charge on any atom is -0.464 e. The van der Waals surface area contributed by atoms with Crippen LogP contribution in [0.5, 0.6) is 0 Å². The van der Waals surface area contributed by atoms with E-state index < -0.39 is 12.0 Å². The van der Waals surface area contributed by atoms with Gasteiger partial charge in [0.2, 0.25) is 0 Å². The molecular formula is C22H32N2O5. The molecule has 1 heterocycles. The molecule has 0 saturated heterocycles. The van der Waals surface area contributed by atoms with Crippen LogP contribution in [-0.2, 0) is 32.0 Å². The first kappa shape index (κ1) is 22.7. The predicted octanol–water partition coefficient (Wildman–Crippen LogP) is 3.15. The van der Waals surface area contributed by atoms with Crippen molar-refractivity contribution in [3.05, 3.63) is 35.4 Å². The first-order valence-corrected chi connectivity index (χ1v) is 10.2. The van der Waals surface area contributed by atoms with Gasteiger partial charge in [-0.25, -0.2) is 9.59 Å². The minimum absolute atomic E-state index is 0.108. The van der Waals surface area contributed by atoms with E-state index >= 15 is 0 Å². The van der Waals surface area contributed by atoms with Crippen molar-refractivity contribution >= 4 is 18.0 Å². The predicted molar refractivity (Wildman–Crippen MR) is 109 cm³/mol. The zero-order valence-corrected chi connectivity index (χ0v) is 18.0. The van der Waals surface area contributed by atoms with E-state index in [9.17, 15) is 14.4 Å². The third-order valence-corrected chi connectivity index (χ3v) is 4.85. The Hall–Kier alpha value is -2.57. The normalized spacial score (nSPS) is 15.8. The summed E-state index contributed by atoms with van der Waals surface area (Å²) in [4.78, 5) is 41.1. The maximum atomic E-state index is 13.4. The van der Waals surface area contributed by atoms with Crippen LogP contribution >= 0.6 is 0 Å². The standard InChI is InChI=1S/C22H32N2O5/c1-6-28-21(26)19-13-17-9-7-8-10-18(17)14-24(19)22(27)23(15(2)3)12-11-20(25)29-16(4)5/h7-10,15-16,19H,6,11-14H2,1-5H3. The van der Waals surface area contributed by atoms with Crippen molar-refractivity contribution in [3.8, 4) is 0 Å². The number of carbonyl (C=O) groups is 3. The van der Waals surface area contributed by atoms with Crippen LogP contribution < -0.4 is 0 Å². The Morgan fingerprint density at radius 3 is 2.38 bits per heavy atom. The molecule has 1 aromatic carbocycles. The second-order valence-electron chi connectivity index (χ2n) is 7.73. The highest BCUT2D eigenvalue weighted by Crippen LogP contribution is 2.26. The van der Waals surface area contributed by atoms with Gasteiger partial charge in [0.1, 0.15) is 6.04 Å². The van der Waals surface area contributed by atoms with Crippen LogP contribution in [0.2, 0.25) is 0 Å². The van der Waals surface area contributed by atoms with Crippen molar-refractivity contribution in [2.45, 2.75) is 72.2 Å². The Balaban J connectivity index is 2.22. The number of carbonyl (C=O) groups excluding carboxylic acids is 3. The van der Waals surface area contributed by atoms with Gasteiger partial charge in [-0.2, -0.15) is 0 Å². The number of urea groups is 1. The van der Waals surface area contributed by atoms with E-state index in [-0.39, 0.29) is 43.7 Å². The van der Waals surface area contributed by atoms with Crippen molar-refractivity contribution in [2.24, 2.45) is 0 Å². The number of fused-ring (bicyclic) bond motifs is 1. The molecule has 1 atom stereocenters. The second-order valence-corrected chi connectivity index (χ2v) is 7.73. The fourth-order valence-electron chi connectivity index (χ4n) is 3.45. The first-order chi connectivity index (χ1) is 13.7. The van der Waals surface area contributed by atoms with Crippen molar-refractivity contribution in [3.63, 3.8) is 0 Å². The minimum atomic E-state index is -0.679. The van der Waals surface area contributed by atoms with Crippen LogP contribution in [0.15, 0.2) is 24.3 Å². The van der Waals surface area contributed by atoms with Gasteiger partial charge < -0.3 is 19.3 Å². The van der Waals surface area contributed by atoms with Crippen molar-refractivity contribution in [1.82, 2.24) is 9.80 Å². The molecule has 29 heavy (non-hydrogen) atoms. The molecule has 0 aliphatic carbocycles. The molecule has 1 unspecified atom stereocenters. The number of benzene rings is 1. The van der Waals surface area contributed by atoms with E-state index in [2.05, 4.69) is 0 Å². The number of ether oxygens (including phenoxy) is 2. The third kappa shape index (κ3) is 5.95. The molecule has 0 bridgehead atoms. The molecule has 0 fully saturated rings. The average molecular weight is 405 g/mol. The van der Waals surface area contributed by atoms with Crippen molar-refractivity contribution < 1.29 is 23.9 Å². The summed E-state index contributed by atoms with van der Waals surface area (Å²) in [7, 11) is 0. The molecule has 2 amide bonds. The monoisotopic (exact) mass is 404 g/mol. The zero-order valence-electron chi connectivity index (χ0n) is 18.0. The molecule has 0 spiro atoms. The molecule has 1 aliphatic heterocycles. The molecule has 7 heteroatoms. The van der Waals surface area contributed by atoms with Gasteiger partial charge in [-0.1, -0.05) is 24.3 Å². The van der Waals surface area contributed by atoms with Gasteiger partial charge in [-0.15, -0.1) is 0 Å². The Morgan fingerprint density at radius 1 is 1.14 bits per heavy atom. The fourth-order valence-corrected chi connectivity index (χ4v) is 3.45. The van der Waals surface area contributed by atoms with E-state index in [1.54, 1.807) is 30.6 Å². The summed E-state index contributed by atoms with van der Waals surface area (Å²) in [6.07, 6.45) is 0.330. The molecule has 1 aliphatic rings. The lowest BCUT2D eigenvalue weighted by atomic mass is 9.94. The summed E-state index contributed by atoms with van der Waals surface area (Å²) in [6.45, 7) is 9.94. The van der Waals surface area contributed by atoms with Gasteiger partial charge in [0.25, 0.3) is 0 Å². The van der Waals surface area contributed by atoms with Crippen LogP contribution in [0.4, 0.5) is 4.79 Å². The number of rotatable bonds is 7. The van der Waals surface area contributed by atoms with E-state index in [4.69, 9.17) is 9.47 Å². The maximum Gasteiger partial charge on any atom is 0.329 e. The summed E-state index contributed by atoms with van der Waals surface area (Å²) < 4.78 is 10.4. The number of hydrogen-bond acceptors (Lipinski definition) is 5. The van der Waals surface area contributed by atoms with E-state index in [1.165, 1.54) is 0 Å². The summed E-state index contributed by atoms with van der Waals surface area (Å²) in [5.41, 5.74) is 2.07. The Kier molecular flexibility index (Phi) is 8.05. The molecule has 0 radical (unpaired) electrons. The molecule has 7 nitrogen and oxygen atoms in total. The Morgan fingerprint density at radius 2 is 1.79 bits per heavy atom. The van der Waals surface area contributed by atoms with Crippen LogP contribution in [0.25, 0.3) is 0 Å². The number of hydrogen-bond donors (Lipinski definition) is 0. The summed E-state index contributed by atoms with van der Waals surface area (Å²) in [5.74, 6) is -0.748. The van der Waals surface area contributed by atoms with Gasteiger partial charge in [-0.3, -0.25) is 4.79 Å². The van der Waals surface area contributed by atoms with Crippen LogP contribution in [0.1, 0.15) is 52.2 Å². The topological polar surface area (TPSA) is 76.2 Å². The first-order valence-electron chi connectivity index (χ1n) is 10.2. The van der Waals surface area contributed by atoms with Crippen LogP contribution in [0.3, 0.4) is 0 Å². The van der Waals surface area contributed by atoms with Crippen LogP contribution in [0, 0.1) is 0 Å². The molecule has 160 valence electrons. The Labute approximate surface area is 172 Å². The van der Waals surface area contributed by atoms with E-state index in [0.717, 1.165) is 11.1 Å². The van der Waals surface area contributed by atoms with Gasteiger partial charge in [0.05, 0.1) is 19.1 Å². The molecule has 0 aromatic heterocycles. The van der Waals surface area contributed by atoms with Crippen molar-refractivity contribution in [1.29, 1.82) is 0 Å². The van der Waals surface area contributed by atoms with Gasteiger partial charge in [0, 0.05) is 25.6 Å². The fraction of sp³-hybridized carbons (Fsp3) is 0.591. The molecular weight excluding hydrogens is 372 g/mol. The van der Waals surface area contributed by atoms with Crippen molar-refractivity contribution in [2.75, 3.05) is 13.2 Å². The lowest BCUT2D eigenvalue weighted by molar-refractivity contribution is -0.150. The SMILES string of the molecule is CCOC(=O)C1Cc2ccccc2CN1C(=O)N(CCC(=O)OC(C)C)C(C)C. The zero-order chi connectivity index (χ0) is 21.6. The van der Waals surface area contributed by atoms with Gasteiger partial charge in [0.15, 0.2) is 0 Å². The lowest BCUT2D eigenvalue weighted by Crippen LogP contribution is -2.55. The Bertz CT molecular complexity index is 732. The lowest BCUT2D eigenvalue weighted by Gasteiger charge is -2.39.